The van der Waals surface area contributed by atoms with Crippen molar-refractivity contribution in [1.29, 1.82) is 0 Å². The molecule has 2 fully saturated rings. The van der Waals surface area contributed by atoms with Crippen LogP contribution in [0.3, 0.4) is 0 Å². The van der Waals surface area contributed by atoms with Gasteiger partial charge in [-0.1, -0.05) is 6.92 Å². The number of carbonyl (C=O) groups is 1. The first kappa shape index (κ1) is 7.90. The summed E-state index contributed by atoms with van der Waals surface area (Å²) in [6.45, 7) is 2.81. The monoisotopic (exact) mass is 170 g/mol. The molecular weight excluding hydrogens is 156 g/mol. The van der Waals surface area contributed by atoms with Crippen LogP contribution in [0.5, 0.6) is 0 Å². The number of fused-ring (bicyclic) bond motifs is 1. The van der Waals surface area contributed by atoms with Crippen molar-refractivity contribution in [2.75, 3.05) is 6.61 Å². The molecule has 1 saturated heterocycles. The molecule has 1 saturated carbocycles. The Morgan fingerprint density at radius 3 is 3.08 bits per heavy atom. The first-order valence-electron chi connectivity index (χ1n) is 4.59. The minimum Gasteiger partial charge on any atom is -0.434 e. The molecule has 3 heteroatoms. The molecule has 0 N–H and O–H groups in total. The zero-order valence-corrected chi connectivity index (χ0v) is 7.29. The molecule has 1 aliphatic heterocycles. The molecule has 3 atom stereocenters. The fraction of sp³-hybridized carbons (Fsp3) is 0.889. The highest BCUT2D eigenvalue weighted by molar-refractivity contribution is 5.60. The second-order valence-electron chi connectivity index (χ2n) is 3.90. The summed E-state index contributed by atoms with van der Waals surface area (Å²) in [6, 6.07) is 0. The fourth-order valence-corrected chi connectivity index (χ4v) is 2.13. The van der Waals surface area contributed by atoms with Crippen molar-refractivity contribution in [2.24, 2.45) is 11.8 Å². The third kappa shape index (κ3) is 1.40. The van der Waals surface area contributed by atoms with Gasteiger partial charge in [0.2, 0.25) is 0 Å². The molecule has 12 heavy (non-hydrogen) atoms. The van der Waals surface area contributed by atoms with Crippen LogP contribution in [0.2, 0.25) is 0 Å². The molecule has 0 radical (unpaired) electrons. The Labute approximate surface area is 72.0 Å². The van der Waals surface area contributed by atoms with Gasteiger partial charge in [-0.25, -0.2) is 4.79 Å². The van der Waals surface area contributed by atoms with E-state index in [4.69, 9.17) is 9.47 Å². The number of hydrogen-bond donors (Lipinski definition) is 0. The summed E-state index contributed by atoms with van der Waals surface area (Å²) in [4.78, 5) is 10.8. The van der Waals surface area contributed by atoms with Gasteiger partial charge in [0.25, 0.3) is 0 Å². The lowest BCUT2D eigenvalue weighted by molar-refractivity contribution is -0.0804. The second kappa shape index (κ2) is 2.96. The lowest BCUT2D eigenvalue weighted by Gasteiger charge is -2.36. The summed E-state index contributed by atoms with van der Waals surface area (Å²) in [6.07, 6.45) is 2.99. The van der Waals surface area contributed by atoms with E-state index in [1.54, 1.807) is 0 Å². The molecule has 2 rings (SSSR count). The molecule has 68 valence electrons. The SMILES string of the molecule is CC1CCC2OC(=O)OCC2C1. The van der Waals surface area contributed by atoms with Gasteiger partial charge < -0.3 is 9.47 Å². The second-order valence-corrected chi connectivity index (χ2v) is 3.90. The first-order valence-corrected chi connectivity index (χ1v) is 4.59. The van der Waals surface area contributed by atoms with Crippen LogP contribution in [0, 0.1) is 11.8 Å². The van der Waals surface area contributed by atoms with Gasteiger partial charge in [0.05, 0.1) is 0 Å². The Hall–Kier alpha value is -0.730. The van der Waals surface area contributed by atoms with E-state index < -0.39 is 6.16 Å². The average molecular weight is 170 g/mol. The summed E-state index contributed by atoms with van der Waals surface area (Å²) < 4.78 is 9.91. The van der Waals surface area contributed by atoms with Crippen molar-refractivity contribution in [1.82, 2.24) is 0 Å². The molecule has 0 bridgehead atoms. The van der Waals surface area contributed by atoms with Crippen molar-refractivity contribution < 1.29 is 14.3 Å². The first-order chi connectivity index (χ1) is 5.75. The topological polar surface area (TPSA) is 35.5 Å². The highest BCUT2D eigenvalue weighted by atomic mass is 16.7. The number of hydrogen-bond acceptors (Lipinski definition) is 3. The van der Waals surface area contributed by atoms with Gasteiger partial charge in [0, 0.05) is 5.92 Å². The standard InChI is InChI=1S/C9H14O3/c1-6-2-3-8-7(4-6)5-11-9(10)12-8/h6-8H,2-5H2,1H3. The zero-order valence-electron chi connectivity index (χ0n) is 7.29. The smallest absolute Gasteiger partial charge is 0.434 e. The van der Waals surface area contributed by atoms with Crippen molar-refractivity contribution in [3.8, 4) is 0 Å². The summed E-state index contributed by atoms with van der Waals surface area (Å²) in [7, 11) is 0. The minimum atomic E-state index is -0.481. The molecule has 1 heterocycles. The molecule has 0 aromatic rings. The van der Waals surface area contributed by atoms with E-state index in [0.717, 1.165) is 18.8 Å². The maximum Gasteiger partial charge on any atom is 0.508 e. The van der Waals surface area contributed by atoms with E-state index in [-0.39, 0.29) is 6.10 Å². The number of carbonyl (C=O) groups excluding carboxylic acids is 1. The highest BCUT2D eigenvalue weighted by Gasteiger charge is 2.36. The Morgan fingerprint density at radius 2 is 2.25 bits per heavy atom. The van der Waals surface area contributed by atoms with Gasteiger partial charge in [0.1, 0.15) is 12.7 Å². The number of ether oxygens (including phenoxy) is 2. The zero-order chi connectivity index (χ0) is 8.55. The molecule has 0 amide bonds. The third-order valence-electron chi connectivity index (χ3n) is 2.84. The molecule has 1 aliphatic carbocycles. The Bertz CT molecular complexity index is 190. The van der Waals surface area contributed by atoms with Crippen molar-refractivity contribution in [2.45, 2.75) is 32.3 Å². The van der Waals surface area contributed by atoms with Crippen LogP contribution in [-0.4, -0.2) is 18.9 Å². The van der Waals surface area contributed by atoms with Gasteiger partial charge in [0.15, 0.2) is 0 Å². The van der Waals surface area contributed by atoms with Crippen LogP contribution in [0.15, 0.2) is 0 Å². The van der Waals surface area contributed by atoms with E-state index >= 15 is 0 Å². The normalized spacial score (nSPS) is 41.1. The maximum atomic E-state index is 10.8. The lowest BCUT2D eigenvalue weighted by atomic mass is 9.80. The molecule has 0 aromatic carbocycles. The highest BCUT2D eigenvalue weighted by Crippen LogP contribution is 2.33. The molecule has 3 unspecified atom stereocenters. The van der Waals surface area contributed by atoms with Crippen LogP contribution >= 0.6 is 0 Å². The molecule has 0 spiro atoms. The average Bonchev–Trinajstić information content (AvgIpc) is 2.05. The summed E-state index contributed by atoms with van der Waals surface area (Å²) >= 11 is 0. The lowest BCUT2D eigenvalue weighted by Crippen LogP contribution is -2.40. The largest absolute Gasteiger partial charge is 0.508 e. The Balaban J connectivity index is 1.98. The van der Waals surface area contributed by atoms with E-state index in [1.165, 1.54) is 6.42 Å². The van der Waals surface area contributed by atoms with Crippen molar-refractivity contribution in [3.05, 3.63) is 0 Å². The van der Waals surface area contributed by atoms with E-state index in [0.29, 0.717) is 12.5 Å². The van der Waals surface area contributed by atoms with Gasteiger partial charge in [-0.05, 0) is 25.2 Å². The number of rotatable bonds is 0. The maximum absolute atomic E-state index is 10.8. The molecule has 2 aliphatic rings. The predicted molar refractivity (Wildman–Crippen MR) is 42.7 cm³/mol. The minimum absolute atomic E-state index is 0.141. The summed E-state index contributed by atoms with van der Waals surface area (Å²) in [5.74, 6) is 1.21. The summed E-state index contributed by atoms with van der Waals surface area (Å²) in [5, 5.41) is 0. The van der Waals surface area contributed by atoms with Crippen LogP contribution in [0.4, 0.5) is 4.79 Å². The van der Waals surface area contributed by atoms with Gasteiger partial charge in [-0.2, -0.15) is 0 Å². The third-order valence-corrected chi connectivity index (χ3v) is 2.84. The Morgan fingerprint density at radius 1 is 1.42 bits per heavy atom. The quantitative estimate of drug-likeness (QED) is 0.521. The van der Waals surface area contributed by atoms with E-state index in [9.17, 15) is 4.79 Å². The Kier molecular flexibility index (Phi) is 1.95. The van der Waals surface area contributed by atoms with Gasteiger partial charge in [-0.15, -0.1) is 0 Å². The van der Waals surface area contributed by atoms with Gasteiger partial charge in [-0.3, -0.25) is 0 Å². The van der Waals surface area contributed by atoms with Crippen LogP contribution in [-0.2, 0) is 9.47 Å². The molecule has 3 nitrogen and oxygen atoms in total. The predicted octanol–water partition coefficient (Wildman–Crippen LogP) is 1.96. The van der Waals surface area contributed by atoms with Gasteiger partial charge >= 0.3 is 6.16 Å². The number of cyclic esters (lactones) is 1. The van der Waals surface area contributed by atoms with E-state index in [1.807, 2.05) is 0 Å². The van der Waals surface area contributed by atoms with Crippen LogP contribution in [0.1, 0.15) is 26.2 Å². The fourth-order valence-electron chi connectivity index (χ4n) is 2.13. The molecule has 0 aromatic heterocycles. The van der Waals surface area contributed by atoms with Crippen molar-refractivity contribution in [3.63, 3.8) is 0 Å². The van der Waals surface area contributed by atoms with Crippen molar-refractivity contribution >= 4 is 6.16 Å². The summed E-state index contributed by atoms with van der Waals surface area (Å²) in [5.41, 5.74) is 0. The van der Waals surface area contributed by atoms with Crippen LogP contribution in [0.25, 0.3) is 0 Å². The molecular formula is C9H14O3. The van der Waals surface area contributed by atoms with E-state index in [2.05, 4.69) is 6.92 Å². The van der Waals surface area contributed by atoms with Crippen LogP contribution < -0.4 is 0 Å².